The van der Waals surface area contributed by atoms with Gasteiger partial charge in [-0.3, -0.25) is 9.67 Å². The SMILES string of the molecule is CCNC(=NCCc1c(C)nn(C)c1C)N1CCN(c2ccccc2O)CC1.I. The van der Waals surface area contributed by atoms with Crippen LogP contribution in [0.2, 0.25) is 0 Å². The van der Waals surface area contributed by atoms with Crippen LogP contribution < -0.4 is 10.2 Å². The molecule has 3 rings (SSSR count). The first kappa shape index (κ1) is 23.3. The number of hydrogen-bond acceptors (Lipinski definition) is 4. The van der Waals surface area contributed by atoms with Crippen LogP contribution in [-0.2, 0) is 13.5 Å². The van der Waals surface area contributed by atoms with Gasteiger partial charge in [0.05, 0.1) is 11.4 Å². The summed E-state index contributed by atoms with van der Waals surface area (Å²) in [5.41, 5.74) is 4.52. The molecule has 0 radical (unpaired) electrons. The van der Waals surface area contributed by atoms with Gasteiger partial charge in [-0.25, -0.2) is 0 Å². The Balaban J connectivity index is 0.00000300. The van der Waals surface area contributed by atoms with E-state index in [0.717, 1.165) is 63.0 Å². The molecule has 0 unspecified atom stereocenters. The third-order valence-electron chi connectivity index (χ3n) is 5.42. The largest absolute Gasteiger partial charge is 0.506 e. The highest BCUT2D eigenvalue weighted by Crippen LogP contribution is 2.27. The summed E-state index contributed by atoms with van der Waals surface area (Å²) in [5, 5.41) is 18.0. The van der Waals surface area contributed by atoms with E-state index in [1.54, 1.807) is 6.07 Å². The van der Waals surface area contributed by atoms with E-state index in [9.17, 15) is 5.11 Å². The van der Waals surface area contributed by atoms with E-state index in [-0.39, 0.29) is 24.0 Å². The number of hydrogen-bond donors (Lipinski definition) is 2. The number of nitrogens with zero attached hydrogens (tertiary/aromatic N) is 5. The summed E-state index contributed by atoms with van der Waals surface area (Å²) in [4.78, 5) is 9.41. The van der Waals surface area contributed by atoms with Crippen LogP contribution in [0.25, 0.3) is 0 Å². The number of anilines is 1. The van der Waals surface area contributed by atoms with E-state index < -0.39 is 0 Å². The van der Waals surface area contributed by atoms with E-state index in [1.165, 1.54) is 11.3 Å². The highest BCUT2D eigenvalue weighted by atomic mass is 127. The average Bonchev–Trinajstić information content (AvgIpc) is 2.94. The van der Waals surface area contributed by atoms with Crippen LogP contribution in [0.4, 0.5) is 5.69 Å². The van der Waals surface area contributed by atoms with Crippen LogP contribution >= 0.6 is 24.0 Å². The number of aromatic hydroxyl groups is 1. The lowest BCUT2D eigenvalue weighted by Crippen LogP contribution is -2.52. The molecule has 1 aromatic heterocycles. The van der Waals surface area contributed by atoms with Crippen LogP contribution in [0, 0.1) is 13.8 Å². The van der Waals surface area contributed by atoms with E-state index >= 15 is 0 Å². The normalized spacial score (nSPS) is 14.7. The summed E-state index contributed by atoms with van der Waals surface area (Å²) in [5.74, 6) is 1.32. The lowest BCUT2D eigenvalue weighted by molar-refractivity contribution is 0.370. The molecule has 0 aliphatic carbocycles. The number of halogens is 1. The Bertz CT molecular complexity index is 827. The maximum absolute atomic E-state index is 10.1. The molecule has 8 heteroatoms. The predicted octanol–water partition coefficient (Wildman–Crippen LogP) is 2.69. The topological polar surface area (TPSA) is 68.9 Å². The quantitative estimate of drug-likeness (QED) is 0.367. The van der Waals surface area contributed by atoms with Crippen molar-refractivity contribution in [2.75, 3.05) is 44.2 Å². The summed E-state index contributed by atoms with van der Waals surface area (Å²) >= 11 is 0. The first-order valence-electron chi connectivity index (χ1n) is 10.1. The number of nitrogens with one attached hydrogen (secondary N) is 1. The van der Waals surface area contributed by atoms with Crippen molar-refractivity contribution in [2.45, 2.75) is 27.2 Å². The number of aromatic nitrogens is 2. The highest BCUT2D eigenvalue weighted by Gasteiger charge is 2.21. The monoisotopic (exact) mass is 512 g/mol. The number of phenolic OH excluding ortho intramolecular Hbond substituents is 1. The molecule has 0 atom stereocenters. The van der Waals surface area contributed by atoms with Crippen LogP contribution in [-0.4, -0.2) is 65.0 Å². The Hall–Kier alpha value is -1.97. The Morgan fingerprint density at radius 1 is 1.17 bits per heavy atom. The van der Waals surface area contributed by atoms with Crippen molar-refractivity contribution in [1.29, 1.82) is 0 Å². The maximum atomic E-state index is 10.1. The fraction of sp³-hybridized carbons (Fsp3) is 0.524. The van der Waals surface area contributed by atoms with Crippen molar-refractivity contribution < 1.29 is 5.11 Å². The number of rotatable bonds is 5. The minimum absolute atomic E-state index is 0. The minimum atomic E-state index is 0. The predicted molar refractivity (Wildman–Crippen MR) is 130 cm³/mol. The van der Waals surface area contributed by atoms with Gasteiger partial charge in [-0.2, -0.15) is 5.10 Å². The van der Waals surface area contributed by atoms with Crippen LogP contribution in [0.15, 0.2) is 29.3 Å². The second-order valence-electron chi connectivity index (χ2n) is 7.22. The third kappa shape index (κ3) is 5.55. The first-order chi connectivity index (χ1) is 13.5. The molecule has 0 amide bonds. The molecule has 2 aromatic rings. The van der Waals surface area contributed by atoms with Crippen LogP contribution in [0.3, 0.4) is 0 Å². The Morgan fingerprint density at radius 3 is 2.45 bits per heavy atom. The zero-order chi connectivity index (χ0) is 20.1. The zero-order valence-corrected chi connectivity index (χ0v) is 20.2. The van der Waals surface area contributed by atoms with Gasteiger partial charge in [0, 0.05) is 52.0 Å². The molecular weight excluding hydrogens is 479 g/mol. The van der Waals surface area contributed by atoms with Crippen molar-refractivity contribution in [3.05, 3.63) is 41.2 Å². The first-order valence-corrected chi connectivity index (χ1v) is 10.1. The van der Waals surface area contributed by atoms with Gasteiger partial charge in [0.15, 0.2) is 5.96 Å². The Labute approximate surface area is 190 Å². The van der Waals surface area contributed by atoms with E-state index in [1.807, 2.05) is 29.9 Å². The van der Waals surface area contributed by atoms with E-state index in [2.05, 4.69) is 41.0 Å². The number of benzene rings is 1. The van der Waals surface area contributed by atoms with Gasteiger partial charge in [-0.05, 0) is 44.9 Å². The van der Waals surface area contributed by atoms with Crippen molar-refractivity contribution in [1.82, 2.24) is 20.0 Å². The minimum Gasteiger partial charge on any atom is -0.506 e. The second kappa shape index (κ2) is 10.7. The molecule has 0 saturated carbocycles. The molecule has 1 saturated heterocycles. The van der Waals surface area contributed by atoms with Crippen molar-refractivity contribution in [3.8, 4) is 5.75 Å². The fourth-order valence-corrected chi connectivity index (χ4v) is 3.77. The molecule has 7 nitrogen and oxygen atoms in total. The Morgan fingerprint density at radius 2 is 1.86 bits per heavy atom. The Kier molecular flexibility index (Phi) is 8.60. The number of para-hydroxylation sites is 2. The summed E-state index contributed by atoms with van der Waals surface area (Å²) in [7, 11) is 1.99. The second-order valence-corrected chi connectivity index (χ2v) is 7.22. The molecule has 1 fully saturated rings. The molecule has 2 heterocycles. The fourth-order valence-electron chi connectivity index (χ4n) is 3.77. The molecule has 1 aromatic carbocycles. The standard InChI is InChI=1S/C21H32N6O.HI/c1-5-22-21(23-11-10-18-16(2)24-25(4)17(18)3)27-14-12-26(13-15-27)19-8-6-7-9-20(19)28;/h6-9,28H,5,10-15H2,1-4H3,(H,22,23);1H. The van der Waals surface area contributed by atoms with Crippen LogP contribution in [0.1, 0.15) is 23.9 Å². The zero-order valence-electron chi connectivity index (χ0n) is 17.9. The lowest BCUT2D eigenvalue weighted by Gasteiger charge is -2.37. The van der Waals surface area contributed by atoms with Crippen molar-refractivity contribution in [2.24, 2.45) is 12.0 Å². The van der Waals surface area contributed by atoms with Crippen LogP contribution in [0.5, 0.6) is 5.75 Å². The van der Waals surface area contributed by atoms with Gasteiger partial charge in [-0.15, -0.1) is 24.0 Å². The molecule has 0 spiro atoms. The summed E-state index contributed by atoms with van der Waals surface area (Å²) in [6.45, 7) is 11.4. The molecule has 29 heavy (non-hydrogen) atoms. The molecular formula is C21H33IN6O. The number of phenols is 1. The molecule has 1 aliphatic heterocycles. The van der Waals surface area contributed by atoms with Gasteiger partial charge in [0.25, 0.3) is 0 Å². The lowest BCUT2D eigenvalue weighted by atomic mass is 10.1. The molecule has 0 bridgehead atoms. The van der Waals surface area contributed by atoms with E-state index in [0.29, 0.717) is 5.75 Å². The van der Waals surface area contributed by atoms with Gasteiger partial charge in [-0.1, -0.05) is 12.1 Å². The third-order valence-corrected chi connectivity index (χ3v) is 5.42. The molecule has 2 N–H and O–H groups in total. The highest BCUT2D eigenvalue weighted by molar-refractivity contribution is 14.0. The summed E-state index contributed by atoms with van der Waals surface area (Å²) < 4.78 is 1.94. The average molecular weight is 512 g/mol. The number of guanidine groups is 1. The number of piperazine rings is 1. The number of aliphatic imine (C=N–C) groups is 1. The van der Waals surface area contributed by atoms with E-state index in [4.69, 9.17) is 4.99 Å². The number of aryl methyl sites for hydroxylation is 2. The van der Waals surface area contributed by atoms with Gasteiger partial charge in [0.1, 0.15) is 5.75 Å². The van der Waals surface area contributed by atoms with Gasteiger partial charge >= 0.3 is 0 Å². The molecule has 160 valence electrons. The van der Waals surface area contributed by atoms with Crippen molar-refractivity contribution in [3.63, 3.8) is 0 Å². The summed E-state index contributed by atoms with van der Waals surface area (Å²) in [6.07, 6.45) is 0.901. The summed E-state index contributed by atoms with van der Waals surface area (Å²) in [6, 6.07) is 7.55. The molecule has 1 aliphatic rings. The smallest absolute Gasteiger partial charge is 0.194 e. The van der Waals surface area contributed by atoms with Gasteiger partial charge in [0.2, 0.25) is 0 Å². The van der Waals surface area contributed by atoms with Gasteiger partial charge < -0.3 is 20.2 Å². The maximum Gasteiger partial charge on any atom is 0.194 e. The van der Waals surface area contributed by atoms with Crippen molar-refractivity contribution >= 4 is 35.6 Å².